The van der Waals surface area contributed by atoms with E-state index in [0.717, 1.165) is 12.8 Å². The number of rotatable bonds is 7. The van der Waals surface area contributed by atoms with E-state index in [1.165, 1.54) is 22.3 Å². The Morgan fingerprint density at radius 1 is 1.00 bits per heavy atom. The van der Waals surface area contributed by atoms with Gasteiger partial charge < -0.3 is 10.1 Å². The first kappa shape index (κ1) is 21.0. The monoisotopic (exact) mass is 367 g/mol. The zero-order chi connectivity index (χ0) is 20.0. The molecule has 0 fully saturated rings. The Morgan fingerprint density at radius 2 is 1.67 bits per heavy atom. The Bertz CT molecular complexity index is 757. The van der Waals surface area contributed by atoms with E-state index in [2.05, 4.69) is 70.3 Å². The molecular weight excluding hydrogens is 334 g/mol. The van der Waals surface area contributed by atoms with Crippen molar-refractivity contribution in [2.45, 2.75) is 72.4 Å². The summed E-state index contributed by atoms with van der Waals surface area (Å²) in [6.45, 7) is 13.1. The molecule has 146 valence electrons. The predicted octanol–water partition coefficient (Wildman–Crippen LogP) is 5.19. The molecule has 2 aromatic carbocycles. The summed E-state index contributed by atoms with van der Waals surface area (Å²) in [5.41, 5.74) is 5.10. The lowest BCUT2D eigenvalue weighted by Crippen LogP contribution is -2.36. The molecule has 2 aromatic rings. The smallest absolute Gasteiger partial charge is 0.261 e. The van der Waals surface area contributed by atoms with Crippen LogP contribution in [0.1, 0.15) is 63.8 Å². The third-order valence-corrected chi connectivity index (χ3v) is 4.92. The van der Waals surface area contributed by atoms with Gasteiger partial charge in [0.2, 0.25) is 0 Å². The maximum Gasteiger partial charge on any atom is 0.261 e. The predicted molar refractivity (Wildman–Crippen MR) is 112 cm³/mol. The van der Waals surface area contributed by atoms with Gasteiger partial charge in [0.25, 0.3) is 5.91 Å². The van der Waals surface area contributed by atoms with Crippen molar-refractivity contribution >= 4 is 5.91 Å². The molecule has 0 radical (unpaired) electrons. The van der Waals surface area contributed by atoms with Crippen molar-refractivity contribution in [2.75, 3.05) is 0 Å². The fourth-order valence-corrected chi connectivity index (χ4v) is 3.03. The van der Waals surface area contributed by atoms with E-state index in [9.17, 15) is 4.79 Å². The molecule has 1 amide bonds. The second-order valence-electron chi connectivity index (χ2n) is 8.06. The van der Waals surface area contributed by atoms with Gasteiger partial charge in [0.1, 0.15) is 5.75 Å². The summed E-state index contributed by atoms with van der Waals surface area (Å²) in [7, 11) is 0. The van der Waals surface area contributed by atoms with E-state index in [1.807, 2.05) is 12.1 Å². The number of carbonyl (C=O) groups excluding carboxylic acids is 1. The van der Waals surface area contributed by atoms with Crippen LogP contribution in [-0.4, -0.2) is 12.0 Å². The fourth-order valence-electron chi connectivity index (χ4n) is 3.03. The van der Waals surface area contributed by atoms with E-state index >= 15 is 0 Å². The van der Waals surface area contributed by atoms with Crippen LogP contribution in [0.3, 0.4) is 0 Å². The van der Waals surface area contributed by atoms with Crippen LogP contribution in [0.4, 0.5) is 0 Å². The Balaban J connectivity index is 1.96. The molecule has 0 aliphatic heterocycles. The zero-order valence-electron chi connectivity index (χ0n) is 17.6. The van der Waals surface area contributed by atoms with Crippen molar-refractivity contribution in [1.29, 1.82) is 0 Å². The third-order valence-electron chi connectivity index (χ3n) is 4.92. The summed E-state index contributed by atoms with van der Waals surface area (Å²) >= 11 is 0. The number of benzene rings is 2. The van der Waals surface area contributed by atoms with Gasteiger partial charge >= 0.3 is 0 Å². The number of amides is 1. The lowest BCUT2D eigenvalue weighted by Gasteiger charge is -2.20. The van der Waals surface area contributed by atoms with E-state index in [4.69, 9.17) is 4.74 Å². The SMILES string of the molecule is CCc1ccc(CC)c(CNC(=O)C(C)Oc2ccc(C(C)(C)C)cc2)c1. The van der Waals surface area contributed by atoms with Gasteiger partial charge in [-0.25, -0.2) is 0 Å². The Hall–Kier alpha value is -2.29. The molecular formula is C24H33NO2. The van der Waals surface area contributed by atoms with Crippen LogP contribution in [0.5, 0.6) is 5.75 Å². The molecule has 1 unspecified atom stereocenters. The van der Waals surface area contributed by atoms with Crippen LogP contribution in [0.2, 0.25) is 0 Å². The highest BCUT2D eigenvalue weighted by Crippen LogP contribution is 2.24. The average molecular weight is 368 g/mol. The van der Waals surface area contributed by atoms with Gasteiger partial charge in [-0.3, -0.25) is 4.79 Å². The van der Waals surface area contributed by atoms with Gasteiger partial charge in [0.15, 0.2) is 6.10 Å². The van der Waals surface area contributed by atoms with Crippen molar-refractivity contribution in [3.05, 3.63) is 64.7 Å². The molecule has 0 saturated carbocycles. The lowest BCUT2D eigenvalue weighted by molar-refractivity contribution is -0.127. The molecule has 0 aliphatic rings. The van der Waals surface area contributed by atoms with E-state index in [-0.39, 0.29) is 11.3 Å². The molecule has 2 rings (SSSR count). The summed E-state index contributed by atoms with van der Waals surface area (Å²) in [6.07, 6.45) is 1.42. The number of ether oxygens (including phenoxy) is 1. The number of hydrogen-bond donors (Lipinski definition) is 1. The molecule has 3 nitrogen and oxygen atoms in total. The van der Waals surface area contributed by atoms with Crippen LogP contribution < -0.4 is 10.1 Å². The summed E-state index contributed by atoms with van der Waals surface area (Å²) in [4.78, 5) is 12.5. The summed E-state index contributed by atoms with van der Waals surface area (Å²) in [6, 6.07) is 14.5. The second kappa shape index (κ2) is 9.07. The van der Waals surface area contributed by atoms with Crippen molar-refractivity contribution < 1.29 is 9.53 Å². The number of carbonyl (C=O) groups is 1. The van der Waals surface area contributed by atoms with Crippen molar-refractivity contribution in [1.82, 2.24) is 5.32 Å². The Kier molecular flexibility index (Phi) is 7.06. The molecule has 3 heteroatoms. The molecule has 0 bridgehead atoms. The van der Waals surface area contributed by atoms with Gasteiger partial charge in [-0.2, -0.15) is 0 Å². The zero-order valence-corrected chi connectivity index (χ0v) is 17.6. The standard InChI is InChI=1S/C24H33NO2/c1-7-18-9-10-19(8-2)20(15-18)16-25-23(26)17(3)27-22-13-11-21(12-14-22)24(4,5)6/h9-15,17H,7-8,16H2,1-6H3,(H,25,26). The summed E-state index contributed by atoms with van der Waals surface area (Å²) in [5.74, 6) is 0.617. The minimum Gasteiger partial charge on any atom is -0.481 e. The fraction of sp³-hybridized carbons (Fsp3) is 0.458. The first-order valence-electron chi connectivity index (χ1n) is 9.90. The third kappa shape index (κ3) is 5.85. The van der Waals surface area contributed by atoms with E-state index in [1.54, 1.807) is 6.92 Å². The molecule has 0 aromatic heterocycles. The van der Waals surface area contributed by atoms with Gasteiger partial charge in [-0.15, -0.1) is 0 Å². The van der Waals surface area contributed by atoms with Crippen LogP contribution in [0.25, 0.3) is 0 Å². The van der Waals surface area contributed by atoms with Crippen LogP contribution in [0, 0.1) is 0 Å². The highest BCUT2D eigenvalue weighted by atomic mass is 16.5. The normalized spacial score (nSPS) is 12.5. The maximum absolute atomic E-state index is 12.5. The Morgan fingerprint density at radius 3 is 2.22 bits per heavy atom. The molecule has 1 atom stereocenters. The van der Waals surface area contributed by atoms with Gasteiger partial charge in [-0.1, -0.05) is 65.0 Å². The summed E-state index contributed by atoms with van der Waals surface area (Å²) in [5, 5.41) is 3.02. The quantitative estimate of drug-likeness (QED) is 0.731. The molecule has 1 N–H and O–H groups in total. The van der Waals surface area contributed by atoms with E-state index in [0.29, 0.717) is 12.3 Å². The highest BCUT2D eigenvalue weighted by Gasteiger charge is 2.17. The van der Waals surface area contributed by atoms with Crippen LogP contribution in [-0.2, 0) is 29.6 Å². The highest BCUT2D eigenvalue weighted by molar-refractivity contribution is 5.80. The van der Waals surface area contributed by atoms with Crippen molar-refractivity contribution in [2.24, 2.45) is 0 Å². The minimum atomic E-state index is -0.537. The van der Waals surface area contributed by atoms with Crippen molar-refractivity contribution in [3.63, 3.8) is 0 Å². The van der Waals surface area contributed by atoms with Gasteiger partial charge in [0.05, 0.1) is 0 Å². The van der Waals surface area contributed by atoms with Crippen LogP contribution >= 0.6 is 0 Å². The molecule has 0 spiro atoms. The van der Waals surface area contributed by atoms with Gasteiger partial charge in [-0.05, 0) is 59.6 Å². The lowest BCUT2D eigenvalue weighted by atomic mass is 9.87. The van der Waals surface area contributed by atoms with E-state index < -0.39 is 6.10 Å². The largest absolute Gasteiger partial charge is 0.481 e. The summed E-state index contributed by atoms with van der Waals surface area (Å²) < 4.78 is 5.82. The maximum atomic E-state index is 12.5. The van der Waals surface area contributed by atoms with Crippen LogP contribution in [0.15, 0.2) is 42.5 Å². The first-order chi connectivity index (χ1) is 12.7. The molecule has 0 heterocycles. The molecule has 0 saturated heterocycles. The molecule has 0 aliphatic carbocycles. The second-order valence-corrected chi connectivity index (χ2v) is 8.06. The molecule has 27 heavy (non-hydrogen) atoms. The minimum absolute atomic E-state index is 0.0983. The number of nitrogens with one attached hydrogen (secondary N) is 1. The number of hydrogen-bond acceptors (Lipinski definition) is 2. The van der Waals surface area contributed by atoms with Crippen molar-refractivity contribution in [3.8, 4) is 5.75 Å². The number of aryl methyl sites for hydroxylation is 2. The topological polar surface area (TPSA) is 38.3 Å². The van der Waals surface area contributed by atoms with Gasteiger partial charge in [0, 0.05) is 6.54 Å². The Labute approximate surface area is 164 Å². The average Bonchev–Trinajstić information content (AvgIpc) is 2.65. The first-order valence-corrected chi connectivity index (χ1v) is 9.90.